The molecular formula is C29H41NO2S. The molecule has 0 heterocycles. The molecular weight excluding hydrogens is 426 g/mol. The molecule has 4 rings (SSSR count). The Labute approximate surface area is 201 Å². The second kappa shape index (κ2) is 9.92. The fourth-order valence-corrected chi connectivity index (χ4v) is 8.46. The molecule has 3 fully saturated rings. The van der Waals surface area contributed by atoms with Crippen molar-refractivity contribution in [3.8, 4) is 0 Å². The molecule has 0 spiro atoms. The van der Waals surface area contributed by atoms with Crippen molar-refractivity contribution in [1.82, 2.24) is 0 Å². The van der Waals surface area contributed by atoms with Crippen molar-refractivity contribution in [2.75, 3.05) is 5.75 Å². The van der Waals surface area contributed by atoms with Crippen LogP contribution in [-0.2, 0) is 9.73 Å². The molecule has 4 heteroatoms. The van der Waals surface area contributed by atoms with E-state index in [1.165, 1.54) is 43.3 Å². The SMILES string of the molecule is C=C1CC[C@H](O)C/C1=C/C=C1\CCC[C@]2(C)[C@@H]([C@H](C)CC[S@](=N)(=O)c3ccccc3)CC[C@@H]12. The smallest absolute Gasteiger partial charge is 0.0726 e. The zero-order valence-corrected chi connectivity index (χ0v) is 21.2. The molecule has 3 aliphatic carbocycles. The molecule has 3 aliphatic rings. The minimum Gasteiger partial charge on any atom is -0.393 e. The molecule has 0 bridgehead atoms. The number of rotatable bonds is 6. The van der Waals surface area contributed by atoms with Crippen molar-refractivity contribution < 1.29 is 9.32 Å². The summed E-state index contributed by atoms with van der Waals surface area (Å²) in [6, 6.07) is 9.34. The van der Waals surface area contributed by atoms with Crippen molar-refractivity contribution in [2.24, 2.45) is 23.2 Å². The van der Waals surface area contributed by atoms with E-state index in [0.29, 0.717) is 33.8 Å². The maximum absolute atomic E-state index is 13.0. The first-order valence-corrected chi connectivity index (χ1v) is 14.5. The summed E-state index contributed by atoms with van der Waals surface area (Å²) in [4.78, 5) is 0.665. The van der Waals surface area contributed by atoms with E-state index in [0.717, 1.165) is 25.7 Å². The fraction of sp³-hybridized carbons (Fsp3) is 0.586. The molecule has 3 saturated carbocycles. The zero-order valence-electron chi connectivity index (χ0n) is 20.4. The summed E-state index contributed by atoms with van der Waals surface area (Å²) in [5.74, 6) is 2.17. The Morgan fingerprint density at radius 1 is 1.21 bits per heavy atom. The first-order chi connectivity index (χ1) is 15.7. The van der Waals surface area contributed by atoms with E-state index in [2.05, 4.69) is 32.6 Å². The third-order valence-electron chi connectivity index (χ3n) is 8.90. The van der Waals surface area contributed by atoms with Crippen molar-refractivity contribution in [2.45, 2.75) is 82.6 Å². The normalized spacial score (nSPS) is 35.4. The standard InChI is InChI=1S/C29H41NO2S/c1-21-11-14-25(31)20-24(21)13-12-23-8-7-18-29(3)27(15-16-28(23)29)22(2)17-19-33(30,32)26-9-5-4-6-10-26/h4-6,9-10,12-13,22,25,27-28,30-31H,1,7-8,11,14-20H2,2-3H3/b23-12+,24-13-/t22-,25+,27-,28+,29-,33+/m1/s1. The summed E-state index contributed by atoms with van der Waals surface area (Å²) in [6.45, 7) is 9.04. The molecule has 0 saturated heterocycles. The molecule has 6 atom stereocenters. The second-order valence-corrected chi connectivity index (χ2v) is 13.2. The molecule has 2 N–H and O–H groups in total. The Morgan fingerprint density at radius 3 is 2.73 bits per heavy atom. The molecule has 3 nitrogen and oxygen atoms in total. The second-order valence-electron chi connectivity index (χ2n) is 11.0. The van der Waals surface area contributed by atoms with Crippen molar-refractivity contribution >= 4 is 9.73 Å². The number of aliphatic hydroxyl groups excluding tert-OH is 1. The van der Waals surface area contributed by atoms with E-state index in [4.69, 9.17) is 4.78 Å². The minimum absolute atomic E-state index is 0.225. The maximum Gasteiger partial charge on any atom is 0.0726 e. The van der Waals surface area contributed by atoms with Gasteiger partial charge in [0.1, 0.15) is 0 Å². The number of fused-ring (bicyclic) bond motifs is 1. The van der Waals surface area contributed by atoms with Crippen LogP contribution in [0.15, 0.2) is 70.7 Å². The molecule has 1 aromatic carbocycles. The predicted octanol–water partition coefficient (Wildman–Crippen LogP) is 7.29. The van der Waals surface area contributed by atoms with Crippen molar-refractivity contribution in [1.29, 1.82) is 4.78 Å². The van der Waals surface area contributed by atoms with Crippen LogP contribution in [0.4, 0.5) is 0 Å². The highest BCUT2D eigenvalue weighted by atomic mass is 32.2. The lowest BCUT2D eigenvalue weighted by atomic mass is 9.61. The molecule has 0 radical (unpaired) electrons. The molecule has 0 unspecified atom stereocenters. The van der Waals surface area contributed by atoms with E-state index in [9.17, 15) is 9.32 Å². The Kier molecular flexibility index (Phi) is 7.35. The van der Waals surface area contributed by atoms with Gasteiger partial charge in [-0.05, 0) is 98.7 Å². The average molecular weight is 468 g/mol. The predicted molar refractivity (Wildman–Crippen MR) is 138 cm³/mol. The lowest BCUT2D eigenvalue weighted by molar-refractivity contribution is 0.0964. The van der Waals surface area contributed by atoms with E-state index in [1.807, 2.05) is 30.3 Å². The van der Waals surface area contributed by atoms with Gasteiger partial charge >= 0.3 is 0 Å². The van der Waals surface area contributed by atoms with E-state index in [-0.39, 0.29) is 6.10 Å². The number of aliphatic hydroxyl groups is 1. The van der Waals surface area contributed by atoms with Gasteiger partial charge in [-0.1, -0.05) is 61.9 Å². The number of hydrogen-bond donors (Lipinski definition) is 2. The summed E-state index contributed by atoms with van der Waals surface area (Å²) in [6.07, 6.45) is 13.8. The first kappa shape index (κ1) is 24.5. The fourth-order valence-electron chi connectivity index (χ4n) is 6.92. The Bertz CT molecular complexity index is 1020. The molecule has 33 heavy (non-hydrogen) atoms. The van der Waals surface area contributed by atoms with Gasteiger partial charge in [0.2, 0.25) is 0 Å². The van der Waals surface area contributed by atoms with Gasteiger partial charge in [-0.15, -0.1) is 0 Å². The lowest BCUT2D eigenvalue weighted by Gasteiger charge is -2.44. The van der Waals surface area contributed by atoms with Gasteiger partial charge in [0.05, 0.1) is 15.8 Å². The first-order valence-electron chi connectivity index (χ1n) is 12.8. The van der Waals surface area contributed by atoms with Crippen LogP contribution in [0.2, 0.25) is 0 Å². The summed E-state index contributed by atoms with van der Waals surface area (Å²) in [5, 5.41) is 10.1. The highest BCUT2D eigenvalue weighted by Crippen LogP contribution is 2.59. The topological polar surface area (TPSA) is 61.1 Å². The number of hydrogen-bond acceptors (Lipinski definition) is 3. The molecule has 180 valence electrons. The van der Waals surface area contributed by atoms with Crippen LogP contribution in [0.3, 0.4) is 0 Å². The van der Waals surface area contributed by atoms with E-state index in [1.54, 1.807) is 5.57 Å². The highest BCUT2D eigenvalue weighted by molar-refractivity contribution is 7.92. The molecule has 0 amide bonds. The zero-order chi connectivity index (χ0) is 23.6. The quantitative estimate of drug-likeness (QED) is 0.461. The van der Waals surface area contributed by atoms with Crippen LogP contribution in [0.25, 0.3) is 0 Å². The summed E-state index contributed by atoms with van der Waals surface area (Å²) >= 11 is 0. The van der Waals surface area contributed by atoms with Gasteiger partial charge in [-0.25, -0.2) is 8.99 Å². The van der Waals surface area contributed by atoms with Gasteiger partial charge in [0.15, 0.2) is 0 Å². The van der Waals surface area contributed by atoms with Gasteiger partial charge in [0, 0.05) is 10.6 Å². The Hall–Kier alpha value is -1.65. The Balaban J connectivity index is 1.45. The number of allylic oxidation sites excluding steroid dienone is 4. The maximum atomic E-state index is 13.0. The van der Waals surface area contributed by atoms with Crippen LogP contribution in [0.1, 0.15) is 71.6 Å². The summed E-state index contributed by atoms with van der Waals surface area (Å²) in [5.41, 5.74) is 4.28. The van der Waals surface area contributed by atoms with Crippen molar-refractivity contribution in [3.05, 3.63) is 65.8 Å². The third-order valence-corrected chi connectivity index (χ3v) is 10.7. The van der Waals surface area contributed by atoms with Gasteiger partial charge < -0.3 is 5.11 Å². The monoisotopic (exact) mass is 467 g/mol. The van der Waals surface area contributed by atoms with Crippen LogP contribution < -0.4 is 0 Å². The molecule has 0 aromatic heterocycles. The van der Waals surface area contributed by atoms with Crippen LogP contribution in [0, 0.1) is 27.9 Å². The van der Waals surface area contributed by atoms with Crippen LogP contribution in [-0.4, -0.2) is 21.2 Å². The molecule has 1 aromatic rings. The lowest BCUT2D eigenvalue weighted by Crippen LogP contribution is -2.36. The Morgan fingerprint density at radius 2 is 1.97 bits per heavy atom. The number of nitrogens with one attached hydrogen (secondary N) is 1. The average Bonchev–Trinajstić information content (AvgIpc) is 3.16. The van der Waals surface area contributed by atoms with Crippen LogP contribution in [0.5, 0.6) is 0 Å². The van der Waals surface area contributed by atoms with Crippen molar-refractivity contribution in [3.63, 3.8) is 0 Å². The minimum atomic E-state index is -2.72. The molecule has 0 aliphatic heterocycles. The van der Waals surface area contributed by atoms with Gasteiger partial charge in [0.25, 0.3) is 0 Å². The van der Waals surface area contributed by atoms with Gasteiger partial charge in [-0.2, -0.15) is 0 Å². The largest absolute Gasteiger partial charge is 0.393 e. The highest BCUT2D eigenvalue weighted by Gasteiger charge is 2.50. The van der Waals surface area contributed by atoms with E-state index >= 15 is 0 Å². The van der Waals surface area contributed by atoms with Gasteiger partial charge in [-0.3, -0.25) is 0 Å². The summed E-state index contributed by atoms with van der Waals surface area (Å²) < 4.78 is 21.5. The van der Waals surface area contributed by atoms with E-state index < -0.39 is 9.73 Å². The van der Waals surface area contributed by atoms with Crippen LogP contribution >= 0.6 is 0 Å². The number of benzene rings is 1. The third kappa shape index (κ3) is 5.22. The summed E-state index contributed by atoms with van der Waals surface area (Å²) in [7, 11) is -2.72.